The van der Waals surface area contributed by atoms with Crippen molar-refractivity contribution >= 4 is 5.69 Å². The summed E-state index contributed by atoms with van der Waals surface area (Å²) in [5.41, 5.74) is 0.341. The quantitative estimate of drug-likeness (QED) is 0.850. The minimum absolute atomic E-state index is 0.425. The number of alkyl halides is 3. The van der Waals surface area contributed by atoms with E-state index in [-0.39, 0.29) is 0 Å². The lowest BCUT2D eigenvalue weighted by atomic mass is 9.87. The Morgan fingerprint density at radius 2 is 1.75 bits per heavy atom. The second kappa shape index (κ2) is 5.28. The zero-order chi connectivity index (χ0) is 14.2. The molecule has 2 aliphatic rings. The highest BCUT2D eigenvalue weighted by molar-refractivity contribution is 5.50. The molecule has 2 atom stereocenters. The lowest BCUT2D eigenvalue weighted by molar-refractivity contribution is -0.137. The monoisotopic (exact) mass is 284 g/mol. The molecule has 1 aromatic carbocycles. The van der Waals surface area contributed by atoms with Gasteiger partial charge in [0.1, 0.15) is 0 Å². The van der Waals surface area contributed by atoms with Gasteiger partial charge in [-0.1, -0.05) is 12.8 Å². The fraction of sp³-hybridized carbons (Fsp3) is 0.600. The SMILES string of the molecule is FC(F)(F)c1ccc(N2CCNC3CCCCC32)cc1. The van der Waals surface area contributed by atoms with Crippen molar-refractivity contribution < 1.29 is 13.2 Å². The minimum Gasteiger partial charge on any atom is -0.366 e. The average molecular weight is 284 g/mol. The predicted octanol–water partition coefficient (Wildman–Crippen LogP) is 3.43. The van der Waals surface area contributed by atoms with E-state index in [9.17, 15) is 13.2 Å². The van der Waals surface area contributed by atoms with Crippen LogP contribution in [0.25, 0.3) is 0 Å². The number of piperazine rings is 1. The standard InChI is InChI=1S/C15H19F3N2/c16-15(17,18)11-5-7-12(8-6-11)20-10-9-19-13-3-1-2-4-14(13)20/h5-8,13-14,19H,1-4,9-10H2. The average Bonchev–Trinajstić information content (AvgIpc) is 2.46. The van der Waals surface area contributed by atoms with Crippen LogP contribution in [0.5, 0.6) is 0 Å². The number of nitrogens with one attached hydrogen (secondary N) is 1. The van der Waals surface area contributed by atoms with Crippen LogP contribution in [0.3, 0.4) is 0 Å². The number of hydrogen-bond donors (Lipinski definition) is 1. The van der Waals surface area contributed by atoms with Gasteiger partial charge < -0.3 is 10.2 Å². The normalized spacial score (nSPS) is 27.2. The third-order valence-corrected chi connectivity index (χ3v) is 4.42. The summed E-state index contributed by atoms with van der Waals surface area (Å²) in [6.45, 7) is 1.77. The van der Waals surface area contributed by atoms with Crippen LogP contribution in [0.1, 0.15) is 31.2 Å². The van der Waals surface area contributed by atoms with Gasteiger partial charge >= 0.3 is 6.18 Å². The fourth-order valence-corrected chi connectivity index (χ4v) is 3.42. The maximum Gasteiger partial charge on any atom is 0.416 e. The summed E-state index contributed by atoms with van der Waals surface area (Å²) in [6.07, 6.45) is 0.491. The van der Waals surface area contributed by atoms with E-state index in [2.05, 4.69) is 10.2 Å². The highest BCUT2D eigenvalue weighted by Gasteiger charge is 2.34. The molecule has 2 unspecified atom stereocenters. The molecule has 0 radical (unpaired) electrons. The fourth-order valence-electron chi connectivity index (χ4n) is 3.42. The molecule has 1 saturated carbocycles. The molecule has 2 nitrogen and oxygen atoms in total. The maximum atomic E-state index is 12.6. The van der Waals surface area contributed by atoms with Crippen molar-refractivity contribution in [2.75, 3.05) is 18.0 Å². The van der Waals surface area contributed by atoms with Crippen molar-refractivity contribution in [3.8, 4) is 0 Å². The number of anilines is 1. The summed E-state index contributed by atoms with van der Waals surface area (Å²) in [5, 5.41) is 3.53. The van der Waals surface area contributed by atoms with Crippen molar-refractivity contribution in [1.82, 2.24) is 5.32 Å². The van der Waals surface area contributed by atoms with Gasteiger partial charge in [-0.25, -0.2) is 0 Å². The van der Waals surface area contributed by atoms with Crippen LogP contribution in [0.15, 0.2) is 24.3 Å². The van der Waals surface area contributed by atoms with Gasteiger partial charge in [0.05, 0.1) is 5.56 Å². The Morgan fingerprint density at radius 1 is 1.05 bits per heavy atom. The lowest BCUT2D eigenvalue weighted by Gasteiger charge is -2.46. The van der Waals surface area contributed by atoms with E-state index in [0.717, 1.165) is 25.2 Å². The van der Waals surface area contributed by atoms with E-state index in [1.807, 2.05) is 0 Å². The van der Waals surface area contributed by atoms with E-state index in [4.69, 9.17) is 0 Å². The van der Waals surface area contributed by atoms with Crippen LogP contribution >= 0.6 is 0 Å². The Hall–Kier alpha value is -1.23. The van der Waals surface area contributed by atoms with Crippen molar-refractivity contribution in [3.05, 3.63) is 29.8 Å². The van der Waals surface area contributed by atoms with Gasteiger partial charge in [0.2, 0.25) is 0 Å². The molecule has 1 N–H and O–H groups in total. The molecule has 0 amide bonds. The Kier molecular flexibility index (Phi) is 3.63. The molecule has 1 aliphatic carbocycles. The number of benzene rings is 1. The molecule has 1 aromatic rings. The minimum atomic E-state index is -4.25. The molecule has 0 aromatic heterocycles. The molecule has 1 aliphatic heterocycles. The number of nitrogens with zero attached hydrogens (tertiary/aromatic N) is 1. The van der Waals surface area contributed by atoms with E-state index in [1.54, 1.807) is 12.1 Å². The van der Waals surface area contributed by atoms with Crippen LogP contribution in [0.2, 0.25) is 0 Å². The zero-order valence-corrected chi connectivity index (χ0v) is 11.3. The molecule has 0 spiro atoms. The van der Waals surface area contributed by atoms with Crippen molar-refractivity contribution in [2.45, 2.75) is 43.9 Å². The number of hydrogen-bond acceptors (Lipinski definition) is 2. The molecule has 0 bridgehead atoms. The zero-order valence-electron chi connectivity index (χ0n) is 11.3. The van der Waals surface area contributed by atoms with Crippen LogP contribution in [0, 0.1) is 0 Å². The van der Waals surface area contributed by atoms with Gasteiger partial charge in [-0.15, -0.1) is 0 Å². The van der Waals surface area contributed by atoms with Gasteiger partial charge in [0.15, 0.2) is 0 Å². The molecule has 5 heteroatoms. The number of rotatable bonds is 1. The second-order valence-electron chi connectivity index (χ2n) is 5.65. The third-order valence-electron chi connectivity index (χ3n) is 4.42. The number of halogens is 3. The highest BCUT2D eigenvalue weighted by Crippen LogP contribution is 2.33. The third kappa shape index (κ3) is 2.64. The van der Waals surface area contributed by atoms with E-state index >= 15 is 0 Å². The van der Waals surface area contributed by atoms with Gasteiger partial charge in [0.25, 0.3) is 0 Å². The molecule has 2 fully saturated rings. The van der Waals surface area contributed by atoms with Crippen LogP contribution < -0.4 is 10.2 Å². The Morgan fingerprint density at radius 3 is 2.45 bits per heavy atom. The summed E-state index contributed by atoms with van der Waals surface area (Å²) in [6, 6.07) is 6.51. The number of fused-ring (bicyclic) bond motifs is 1. The highest BCUT2D eigenvalue weighted by atomic mass is 19.4. The van der Waals surface area contributed by atoms with E-state index in [0.29, 0.717) is 12.1 Å². The molecule has 3 rings (SSSR count). The van der Waals surface area contributed by atoms with Gasteiger partial charge in [-0.2, -0.15) is 13.2 Å². The second-order valence-corrected chi connectivity index (χ2v) is 5.65. The molecule has 20 heavy (non-hydrogen) atoms. The first-order chi connectivity index (χ1) is 9.55. The molecule has 110 valence electrons. The van der Waals surface area contributed by atoms with Crippen molar-refractivity contribution in [3.63, 3.8) is 0 Å². The first-order valence-corrected chi connectivity index (χ1v) is 7.23. The topological polar surface area (TPSA) is 15.3 Å². The van der Waals surface area contributed by atoms with Crippen LogP contribution in [-0.4, -0.2) is 25.2 Å². The Bertz CT molecular complexity index is 453. The summed E-state index contributed by atoms with van der Waals surface area (Å²) >= 11 is 0. The van der Waals surface area contributed by atoms with Crippen LogP contribution in [0.4, 0.5) is 18.9 Å². The van der Waals surface area contributed by atoms with Gasteiger partial charge in [-0.3, -0.25) is 0 Å². The molecule has 1 heterocycles. The van der Waals surface area contributed by atoms with E-state index < -0.39 is 11.7 Å². The summed E-state index contributed by atoms with van der Waals surface area (Å²) < 4.78 is 37.8. The molecular weight excluding hydrogens is 265 g/mol. The summed E-state index contributed by atoms with van der Waals surface area (Å²) in [5.74, 6) is 0. The Balaban J connectivity index is 1.80. The van der Waals surface area contributed by atoms with Gasteiger partial charge in [-0.05, 0) is 37.1 Å². The Labute approximate surface area is 117 Å². The largest absolute Gasteiger partial charge is 0.416 e. The molecular formula is C15H19F3N2. The first kappa shape index (κ1) is 13.7. The van der Waals surface area contributed by atoms with Gasteiger partial charge in [0, 0.05) is 30.9 Å². The smallest absolute Gasteiger partial charge is 0.366 e. The first-order valence-electron chi connectivity index (χ1n) is 7.23. The van der Waals surface area contributed by atoms with Crippen LogP contribution in [-0.2, 0) is 6.18 Å². The van der Waals surface area contributed by atoms with Crippen molar-refractivity contribution in [1.29, 1.82) is 0 Å². The predicted molar refractivity (Wildman–Crippen MR) is 72.8 cm³/mol. The van der Waals surface area contributed by atoms with E-state index in [1.165, 1.54) is 31.4 Å². The molecule has 1 saturated heterocycles. The van der Waals surface area contributed by atoms with Crippen molar-refractivity contribution in [2.24, 2.45) is 0 Å². The summed E-state index contributed by atoms with van der Waals surface area (Å²) in [4.78, 5) is 2.28. The lowest BCUT2D eigenvalue weighted by Crippen LogP contribution is -2.59. The summed E-state index contributed by atoms with van der Waals surface area (Å²) in [7, 11) is 0. The maximum absolute atomic E-state index is 12.6.